The highest BCUT2D eigenvalue weighted by Crippen LogP contribution is 2.20. The smallest absolute Gasteiger partial charge is 0.321 e. The second-order valence-electron chi connectivity index (χ2n) is 6.72. The third-order valence-corrected chi connectivity index (χ3v) is 4.77. The first-order valence-electron chi connectivity index (χ1n) is 9.57. The van der Waals surface area contributed by atoms with Gasteiger partial charge in [-0.25, -0.2) is 4.79 Å². The Morgan fingerprint density at radius 1 is 0.967 bits per heavy atom. The van der Waals surface area contributed by atoms with Crippen LogP contribution in [0.3, 0.4) is 0 Å². The molecule has 9 heteroatoms. The van der Waals surface area contributed by atoms with Gasteiger partial charge in [0, 0.05) is 37.4 Å². The molecule has 1 saturated heterocycles. The lowest BCUT2D eigenvalue weighted by molar-refractivity contribution is -0.134. The average molecular weight is 407 g/mol. The molecule has 4 rings (SSSR count). The monoisotopic (exact) mass is 407 g/mol. The number of nitrogens with one attached hydrogen (secondary N) is 1. The van der Waals surface area contributed by atoms with Crippen molar-refractivity contribution in [3.8, 4) is 17.2 Å². The molecule has 2 aromatic carbocycles. The summed E-state index contributed by atoms with van der Waals surface area (Å²) in [6.45, 7) is 1.84. The lowest BCUT2D eigenvalue weighted by Crippen LogP contribution is -2.52. The van der Waals surface area contributed by atoms with E-state index < -0.39 is 0 Å². The van der Waals surface area contributed by atoms with Gasteiger partial charge in [-0.1, -0.05) is 18.2 Å². The fourth-order valence-electron chi connectivity index (χ4n) is 3.11. The molecule has 0 spiro atoms. The van der Waals surface area contributed by atoms with E-state index in [0.717, 1.165) is 11.3 Å². The van der Waals surface area contributed by atoms with Gasteiger partial charge in [0.05, 0.1) is 0 Å². The molecule has 3 aromatic rings. The molecule has 1 aliphatic heterocycles. The van der Waals surface area contributed by atoms with Crippen molar-refractivity contribution in [1.29, 1.82) is 0 Å². The van der Waals surface area contributed by atoms with E-state index in [1.807, 2.05) is 30.3 Å². The molecule has 0 saturated carbocycles. The standard InChI is InChI=1S/C21H21N5O4/c27-19(14-29-18-8-6-16(7-9-18)20-24-22-15-30-20)25-10-12-26(13-11-25)21(28)23-17-4-2-1-3-5-17/h1-9,15H,10-14H2,(H,23,28). The van der Waals surface area contributed by atoms with Crippen molar-refractivity contribution < 1.29 is 18.7 Å². The van der Waals surface area contributed by atoms with E-state index in [4.69, 9.17) is 9.15 Å². The lowest BCUT2D eigenvalue weighted by atomic mass is 10.2. The summed E-state index contributed by atoms with van der Waals surface area (Å²) in [7, 11) is 0. The van der Waals surface area contributed by atoms with Gasteiger partial charge in [0.1, 0.15) is 5.75 Å². The minimum Gasteiger partial charge on any atom is -0.484 e. The van der Waals surface area contributed by atoms with Crippen molar-refractivity contribution in [2.75, 3.05) is 38.1 Å². The molecule has 0 unspecified atom stereocenters. The number of carbonyl (C=O) groups excluding carboxylic acids is 2. The van der Waals surface area contributed by atoms with Crippen LogP contribution < -0.4 is 10.1 Å². The second kappa shape index (κ2) is 9.08. The molecule has 1 aromatic heterocycles. The molecule has 3 amide bonds. The zero-order chi connectivity index (χ0) is 20.8. The molecule has 1 fully saturated rings. The molecule has 30 heavy (non-hydrogen) atoms. The number of anilines is 1. The van der Waals surface area contributed by atoms with Crippen LogP contribution in [0.25, 0.3) is 11.5 Å². The van der Waals surface area contributed by atoms with Crippen LogP contribution in [0.1, 0.15) is 0 Å². The number of para-hydroxylation sites is 1. The molecule has 154 valence electrons. The fraction of sp³-hybridized carbons (Fsp3) is 0.238. The molecule has 1 N–H and O–H groups in total. The zero-order valence-electron chi connectivity index (χ0n) is 16.2. The van der Waals surface area contributed by atoms with Gasteiger partial charge in [-0.05, 0) is 36.4 Å². The third-order valence-electron chi connectivity index (χ3n) is 4.77. The highest BCUT2D eigenvalue weighted by molar-refractivity contribution is 5.89. The molecule has 1 aliphatic rings. The Hall–Kier alpha value is -3.88. The zero-order valence-corrected chi connectivity index (χ0v) is 16.2. The number of piperazine rings is 1. The third kappa shape index (κ3) is 4.75. The van der Waals surface area contributed by atoms with Gasteiger partial charge in [0.2, 0.25) is 12.3 Å². The van der Waals surface area contributed by atoms with E-state index in [9.17, 15) is 9.59 Å². The first-order valence-corrected chi connectivity index (χ1v) is 9.57. The van der Waals surface area contributed by atoms with Crippen LogP contribution in [0.5, 0.6) is 5.75 Å². The van der Waals surface area contributed by atoms with E-state index in [1.165, 1.54) is 6.39 Å². The van der Waals surface area contributed by atoms with Crippen LogP contribution in [0.2, 0.25) is 0 Å². The fourth-order valence-corrected chi connectivity index (χ4v) is 3.11. The number of urea groups is 1. The number of amides is 3. The molecule has 0 aliphatic carbocycles. The van der Waals surface area contributed by atoms with Crippen LogP contribution in [-0.4, -0.2) is 64.7 Å². The van der Waals surface area contributed by atoms with Crippen molar-refractivity contribution in [2.45, 2.75) is 0 Å². The van der Waals surface area contributed by atoms with Crippen molar-refractivity contribution in [2.24, 2.45) is 0 Å². The molecular formula is C21H21N5O4. The van der Waals surface area contributed by atoms with E-state index >= 15 is 0 Å². The van der Waals surface area contributed by atoms with Gasteiger partial charge < -0.3 is 24.3 Å². The molecule has 0 bridgehead atoms. The minimum atomic E-state index is -0.161. The highest BCUT2D eigenvalue weighted by Gasteiger charge is 2.24. The highest BCUT2D eigenvalue weighted by atomic mass is 16.5. The average Bonchev–Trinajstić information content (AvgIpc) is 3.33. The summed E-state index contributed by atoms with van der Waals surface area (Å²) >= 11 is 0. The minimum absolute atomic E-state index is 0.0594. The van der Waals surface area contributed by atoms with Crippen LogP contribution in [0.4, 0.5) is 10.5 Å². The predicted molar refractivity (Wildman–Crippen MR) is 109 cm³/mol. The summed E-state index contributed by atoms with van der Waals surface area (Å²) in [6.07, 6.45) is 1.27. The normalized spacial score (nSPS) is 13.7. The number of carbonyl (C=O) groups is 2. The Kier molecular flexibility index (Phi) is 5.88. The van der Waals surface area contributed by atoms with E-state index in [-0.39, 0.29) is 18.5 Å². The molecular weight excluding hydrogens is 386 g/mol. The van der Waals surface area contributed by atoms with Gasteiger partial charge in [0.25, 0.3) is 5.91 Å². The predicted octanol–water partition coefficient (Wildman–Crippen LogP) is 2.49. The summed E-state index contributed by atoms with van der Waals surface area (Å²) in [5.41, 5.74) is 1.52. The maximum absolute atomic E-state index is 12.4. The Labute approximate surface area is 173 Å². The molecule has 9 nitrogen and oxygen atoms in total. The number of benzene rings is 2. The van der Waals surface area contributed by atoms with E-state index in [2.05, 4.69) is 15.5 Å². The first kappa shape index (κ1) is 19.4. The second-order valence-corrected chi connectivity index (χ2v) is 6.72. The van der Waals surface area contributed by atoms with Crippen molar-refractivity contribution in [1.82, 2.24) is 20.0 Å². The van der Waals surface area contributed by atoms with Gasteiger partial charge in [-0.2, -0.15) is 0 Å². The largest absolute Gasteiger partial charge is 0.484 e. The summed E-state index contributed by atoms with van der Waals surface area (Å²) in [5.74, 6) is 0.887. The van der Waals surface area contributed by atoms with E-state index in [0.29, 0.717) is 37.8 Å². The van der Waals surface area contributed by atoms with Crippen molar-refractivity contribution in [3.63, 3.8) is 0 Å². The summed E-state index contributed by atoms with van der Waals surface area (Å²) in [6, 6.07) is 16.2. The molecule has 0 atom stereocenters. The van der Waals surface area contributed by atoms with Crippen molar-refractivity contribution >= 4 is 17.6 Å². The van der Waals surface area contributed by atoms with Crippen LogP contribution in [0, 0.1) is 0 Å². The maximum atomic E-state index is 12.4. The van der Waals surface area contributed by atoms with Gasteiger partial charge in [-0.3, -0.25) is 4.79 Å². The number of aromatic nitrogens is 2. The Balaban J connectivity index is 1.22. The number of nitrogens with zero attached hydrogens (tertiary/aromatic N) is 4. The SMILES string of the molecule is O=C(COc1ccc(-c2nnco2)cc1)N1CCN(C(=O)Nc2ccccc2)CC1. The number of rotatable bonds is 5. The summed E-state index contributed by atoms with van der Waals surface area (Å²) in [4.78, 5) is 28.2. The summed E-state index contributed by atoms with van der Waals surface area (Å²) in [5, 5.41) is 10.3. The number of hydrogen-bond donors (Lipinski definition) is 1. The number of hydrogen-bond acceptors (Lipinski definition) is 6. The lowest BCUT2D eigenvalue weighted by Gasteiger charge is -2.34. The maximum Gasteiger partial charge on any atom is 0.321 e. The number of ether oxygens (including phenoxy) is 1. The first-order chi connectivity index (χ1) is 14.7. The topological polar surface area (TPSA) is 101 Å². The van der Waals surface area contributed by atoms with E-state index in [1.54, 1.807) is 34.1 Å². The summed E-state index contributed by atoms with van der Waals surface area (Å²) < 4.78 is 10.7. The van der Waals surface area contributed by atoms with Crippen LogP contribution in [-0.2, 0) is 4.79 Å². The van der Waals surface area contributed by atoms with Gasteiger partial charge in [-0.15, -0.1) is 10.2 Å². The Morgan fingerprint density at radius 2 is 1.67 bits per heavy atom. The molecule has 0 radical (unpaired) electrons. The van der Waals surface area contributed by atoms with Gasteiger partial charge in [0.15, 0.2) is 6.61 Å². The molecule has 2 heterocycles. The quantitative estimate of drug-likeness (QED) is 0.697. The van der Waals surface area contributed by atoms with Gasteiger partial charge >= 0.3 is 6.03 Å². The Morgan fingerprint density at radius 3 is 2.33 bits per heavy atom. The van der Waals surface area contributed by atoms with Crippen molar-refractivity contribution in [3.05, 3.63) is 61.0 Å². The Bertz CT molecular complexity index is 968. The van der Waals surface area contributed by atoms with Crippen LogP contribution >= 0.6 is 0 Å². The van der Waals surface area contributed by atoms with Crippen LogP contribution in [0.15, 0.2) is 65.4 Å².